The maximum atomic E-state index is 12.9. The van der Waals surface area contributed by atoms with Gasteiger partial charge in [0.25, 0.3) is 5.91 Å². The number of piperidine rings is 1. The molecule has 0 aliphatic carbocycles. The second kappa shape index (κ2) is 11.0. The molecule has 10 heteroatoms. The van der Waals surface area contributed by atoms with Crippen molar-refractivity contribution in [1.82, 2.24) is 10.0 Å². The Labute approximate surface area is 199 Å². The van der Waals surface area contributed by atoms with E-state index in [1.807, 2.05) is 26.0 Å². The Kier molecular flexibility index (Phi) is 9.18. The molecule has 31 heavy (non-hydrogen) atoms. The Morgan fingerprint density at radius 1 is 1.13 bits per heavy atom. The lowest BCUT2D eigenvalue weighted by Crippen LogP contribution is -2.42. The predicted molar refractivity (Wildman–Crippen MR) is 128 cm³/mol. The molecule has 1 unspecified atom stereocenters. The molecule has 1 heterocycles. The third kappa shape index (κ3) is 6.34. The van der Waals surface area contributed by atoms with E-state index in [-0.39, 0.29) is 50.9 Å². The fraction of sp³-hybridized carbons (Fsp3) is 0.381. The summed E-state index contributed by atoms with van der Waals surface area (Å²) in [4.78, 5) is 12.5. The van der Waals surface area contributed by atoms with Crippen molar-refractivity contribution in [1.29, 1.82) is 0 Å². The average molecular weight is 507 g/mol. The minimum atomic E-state index is -3.81. The number of anilines is 1. The molecule has 0 spiro atoms. The number of rotatable bonds is 6. The van der Waals surface area contributed by atoms with Gasteiger partial charge in [0.1, 0.15) is 0 Å². The topological polar surface area (TPSA) is 87.3 Å². The number of carbonyl (C=O) groups is 1. The molecule has 1 aliphatic rings. The van der Waals surface area contributed by atoms with Gasteiger partial charge < -0.3 is 10.6 Å². The van der Waals surface area contributed by atoms with E-state index in [0.29, 0.717) is 5.56 Å². The minimum Gasteiger partial charge on any atom is -0.319 e. The highest BCUT2D eigenvalue weighted by Crippen LogP contribution is 2.34. The largest absolute Gasteiger partial charge is 0.319 e. The lowest BCUT2D eigenvalue weighted by molar-refractivity contribution is 0.102. The summed E-state index contributed by atoms with van der Waals surface area (Å²) in [6.07, 6.45) is 1.82. The highest BCUT2D eigenvalue weighted by Gasteiger charge is 2.26. The first-order valence-corrected chi connectivity index (χ1v) is 12.0. The highest BCUT2D eigenvalue weighted by atomic mass is 35.5. The van der Waals surface area contributed by atoms with Crippen molar-refractivity contribution in [2.45, 2.75) is 37.6 Å². The van der Waals surface area contributed by atoms with Gasteiger partial charge in [0.15, 0.2) is 0 Å². The fourth-order valence-electron chi connectivity index (χ4n) is 3.59. The number of carbonyl (C=O) groups excluding carboxylic acids is 1. The number of nitrogens with one attached hydrogen (secondary N) is 3. The number of sulfonamides is 1. The van der Waals surface area contributed by atoms with Gasteiger partial charge >= 0.3 is 0 Å². The highest BCUT2D eigenvalue weighted by molar-refractivity contribution is 7.89. The number of amides is 1. The SMILES string of the molecule is Cc1ccccc1C(=O)Nc1c(Cl)cc(S(=O)(=O)NC(C)C2CCNCC2)cc1Cl.Cl. The van der Waals surface area contributed by atoms with Gasteiger partial charge in [-0.1, -0.05) is 41.4 Å². The molecule has 6 nitrogen and oxygen atoms in total. The first kappa shape index (κ1) is 25.9. The summed E-state index contributed by atoms with van der Waals surface area (Å²) in [5.74, 6) is -0.107. The monoisotopic (exact) mass is 505 g/mol. The summed E-state index contributed by atoms with van der Waals surface area (Å²) in [6, 6.07) is 9.51. The van der Waals surface area contributed by atoms with Crippen molar-refractivity contribution < 1.29 is 13.2 Å². The molecular weight excluding hydrogens is 481 g/mol. The van der Waals surface area contributed by atoms with Crippen molar-refractivity contribution in [2.75, 3.05) is 18.4 Å². The van der Waals surface area contributed by atoms with Gasteiger partial charge in [-0.25, -0.2) is 13.1 Å². The molecule has 0 saturated carbocycles. The molecule has 1 aliphatic heterocycles. The fourth-order valence-corrected chi connectivity index (χ4v) is 5.66. The Morgan fingerprint density at radius 3 is 2.29 bits per heavy atom. The van der Waals surface area contributed by atoms with Gasteiger partial charge in [-0.2, -0.15) is 0 Å². The summed E-state index contributed by atoms with van der Waals surface area (Å²) in [6.45, 7) is 5.45. The lowest BCUT2D eigenvalue weighted by Gasteiger charge is -2.28. The molecule has 1 saturated heterocycles. The third-order valence-corrected chi connectivity index (χ3v) is 7.52. The molecule has 0 bridgehead atoms. The number of aryl methyl sites for hydroxylation is 1. The summed E-state index contributed by atoms with van der Waals surface area (Å²) in [7, 11) is -3.81. The molecule has 170 valence electrons. The van der Waals surface area contributed by atoms with Gasteiger partial charge in [-0.15, -0.1) is 12.4 Å². The summed E-state index contributed by atoms with van der Waals surface area (Å²) >= 11 is 12.6. The normalized spacial score (nSPS) is 15.7. The van der Waals surface area contributed by atoms with Crippen LogP contribution >= 0.6 is 35.6 Å². The first-order valence-electron chi connectivity index (χ1n) is 9.78. The van der Waals surface area contributed by atoms with E-state index in [0.717, 1.165) is 31.5 Å². The Morgan fingerprint density at radius 2 is 1.71 bits per heavy atom. The molecule has 2 aromatic carbocycles. The minimum absolute atomic E-state index is 0. The molecule has 2 aromatic rings. The van der Waals surface area contributed by atoms with E-state index in [1.165, 1.54) is 12.1 Å². The second-order valence-corrected chi connectivity index (χ2v) is 10.1. The van der Waals surface area contributed by atoms with Crippen LogP contribution in [0.25, 0.3) is 0 Å². The quantitative estimate of drug-likeness (QED) is 0.532. The average Bonchev–Trinajstić information content (AvgIpc) is 2.71. The van der Waals surface area contributed by atoms with Crippen LogP contribution < -0.4 is 15.4 Å². The van der Waals surface area contributed by atoms with E-state index < -0.39 is 10.0 Å². The van der Waals surface area contributed by atoms with E-state index in [2.05, 4.69) is 15.4 Å². The van der Waals surface area contributed by atoms with Crippen molar-refractivity contribution in [3.05, 3.63) is 57.6 Å². The van der Waals surface area contributed by atoms with Crippen molar-refractivity contribution in [3.63, 3.8) is 0 Å². The summed E-state index contributed by atoms with van der Waals surface area (Å²) in [5, 5.41) is 6.06. The van der Waals surface area contributed by atoms with Crippen LogP contribution in [0.1, 0.15) is 35.7 Å². The molecule has 1 fully saturated rings. The number of hydrogen-bond acceptors (Lipinski definition) is 4. The van der Waals surface area contributed by atoms with Gasteiger partial charge in [-0.3, -0.25) is 4.79 Å². The smallest absolute Gasteiger partial charge is 0.256 e. The second-order valence-electron chi connectivity index (χ2n) is 7.53. The van der Waals surface area contributed by atoms with Crippen LogP contribution in [0, 0.1) is 12.8 Å². The molecular formula is C21H26Cl3N3O3S. The van der Waals surface area contributed by atoms with Crippen LogP contribution in [0.15, 0.2) is 41.3 Å². The first-order chi connectivity index (χ1) is 14.2. The van der Waals surface area contributed by atoms with E-state index in [1.54, 1.807) is 12.1 Å². The number of halogens is 3. The van der Waals surface area contributed by atoms with E-state index in [4.69, 9.17) is 23.2 Å². The van der Waals surface area contributed by atoms with Crippen LogP contribution in [0.3, 0.4) is 0 Å². The van der Waals surface area contributed by atoms with Gasteiger partial charge in [0.05, 0.1) is 20.6 Å². The zero-order chi connectivity index (χ0) is 21.9. The van der Waals surface area contributed by atoms with Crippen LogP contribution in [0.5, 0.6) is 0 Å². The zero-order valence-corrected chi connectivity index (χ0v) is 20.4. The lowest BCUT2D eigenvalue weighted by atomic mass is 9.92. The Bertz CT molecular complexity index is 1020. The maximum Gasteiger partial charge on any atom is 0.256 e. The summed E-state index contributed by atoms with van der Waals surface area (Å²) in [5.41, 5.74) is 1.47. The summed E-state index contributed by atoms with van der Waals surface area (Å²) < 4.78 is 28.4. The van der Waals surface area contributed by atoms with Crippen molar-refractivity contribution >= 4 is 57.2 Å². The molecule has 3 N–H and O–H groups in total. The van der Waals surface area contributed by atoms with E-state index in [9.17, 15) is 13.2 Å². The van der Waals surface area contributed by atoms with Crippen LogP contribution in [-0.2, 0) is 10.0 Å². The van der Waals surface area contributed by atoms with Crippen molar-refractivity contribution in [2.24, 2.45) is 5.92 Å². The number of hydrogen-bond donors (Lipinski definition) is 3. The molecule has 1 atom stereocenters. The van der Waals surface area contributed by atoms with Gasteiger partial charge in [-0.05, 0) is 69.5 Å². The molecule has 0 radical (unpaired) electrons. The van der Waals surface area contributed by atoms with Crippen LogP contribution in [0.2, 0.25) is 10.0 Å². The number of benzene rings is 2. The van der Waals surface area contributed by atoms with E-state index >= 15 is 0 Å². The zero-order valence-electron chi connectivity index (χ0n) is 17.2. The van der Waals surface area contributed by atoms with Gasteiger partial charge in [0, 0.05) is 11.6 Å². The molecule has 3 rings (SSSR count). The predicted octanol–water partition coefficient (Wildman–Crippen LogP) is 4.64. The van der Waals surface area contributed by atoms with Crippen LogP contribution in [-0.4, -0.2) is 33.5 Å². The van der Waals surface area contributed by atoms with Crippen LogP contribution in [0.4, 0.5) is 5.69 Å². The third-order valence-electron chi connectivity index (χ3n) is 5.39. The standard InChI is InChI=1S/C21H25Cl2N3O3S.ClH/c1-13-5-3-4-6-17(13)21(27)25-20-18(22)11-16(12-19(20)23)30(28,29)26-14(2)15-7-9-24-10-8-15;/h3-6,11-12,14-15,24,26H,7-10H2,1-2H3,(H,25,27);1H. The molecule has 0 aromatic heterocycles. The van der Waals surface area contributed by atoms with Gasteiger partial charge in [0.2, 0.25) is 10.0 Å². The molecule has 1 amide bonds. The maximum absolute atomic E-state index is 12.9. The Balaban J connectivity index is 0.00000341. The van der Waals surface area contributed by atoms with Crippen molar-refractivity contribution in [3.8, 4) is 0 Å². The Hall–Kier alpha value is -1.35.